The number of benzene rings is 13. The molecule has 0 aliphatic rings. The van der Waals surface area contributed by atoms with Crippen LogP contribution in [0.25, 0.3) is 0 Å². The standard InChI is InChI=1S/C115H120N6O8/c122-109(102-64-20-7-21-65-102)116(72-28-22-52-90-40-8-1-9-41-90)84-96-58-34-66-103(78-96)110(123)117(73-29-23-53-91-42-10-2-11-43-91)85-97-59-35-67-104(79-97)111(124)118(74-30-24-54-92-44-12-3-13-45-92)86-98-60-36-68-105(80-98)112(125)119(75-31-25-55-93-46-14-4-15-47-93)87-99-61-37-69-106(81-99)113(126)120(76-32-26-56-94-48-16-5-17-49-94)88-100-62-38-70-107(82-100)114(127)121(77-33-27-57-95-50-18-6-19-51-95)89-101-63-39-71-108(83-101)115(128)129/h1-21,34-51,58-71,78-83H,22-33,52-57,72-77,84-89H2,(H,128,129). The highest BCUT2D eigenvalue weighted by molar-refractivity contribution is 5.98. The maximum Gasteiger partial charge on any atom is 0.335 e. The predicted molar refractivity (Wildman–Crippen MR) is 517 cm³/mol. The fourth-order valence-corrected chi connectivity index (χ4v) is 17.0. The highest BCUT2D eigenvalue weighted by Crippen LogP contribution is 2.26. The normalized spacial score (nSPS) is 11.0. The number of hydrogen-bond donors (Lipinski definition) is 1. The molecule has 6 amide bonds. The van der Waals surface area contributed by atoms with Crippen molar-refractivity contribution in [2.24, 2.45) is 0 Å². The average Bonchev–Trinajstić information content (AvgIpc) is 0.854. The summed E-state index contributed by atoms with van der Waals surface area (Å²) < 4.78 is 0. The topological polar surface area (TPSA) is 159 Å². The molecule has 0 unspecified atom stereocenters. The number of carbonyl (C=O) groups is 7. The number of rotatable bonds is 49. The van der Waals surface area contributed by atoms with Crippen molar-refractivity contribution in [3.8, 4) is 0 Å². The minimum atomic E-state index is -1.04. The molecule has 0 aromatic heterocycles. The number of hydrogen-bond acceptors (Lipinski definition) is 7. The number of aryl methyl sites for hydroxylation is 6. The first-order valence-electron chi connectivity index (χ1n) is 46.1. The molecule has 0 spiro atoms. The molecule has 0 fully saturated rings. The SMILES string of the molecule is O=C(O)c1cccc(CN(CCCCc2ccccc2)C(=O)c2cccc(CN(CCCCc3ccccc3)C(=O)c3cccc(CN(CCCCc4ccccc4)C(=O)c4cccc(CN(CCCCc5ccccc5)C(=O)c5cccc(CN(CCCCc6ccccc6)C(=O)c6cccc(CN(CCCCc7ccccc7)C(=O)c7ccccc7)c6)c5)c4)c3)c2)c1. The van der Waals surface area contributed by atoms with Crippen LogP contribution in [0.1, 0.15) is 216 Å². The summed E-state index contributed by atoms with van der Waals surface area (Å²) in [4.78, 5) is 114. The molecular weight excluding hydrogens is 1590 g/mol. The molecule has 1 N–H and O–H groups in total. The Bertz CT molecular complexity index is 5700. The number of carbonyl (C=O) groups excluding carboxylic acids is 6. The number of nitrogens with zero attached hydrogens (tertiary/aromatic N) is 6. The zero-order chi connectivity index (χ0) is 89.4. The molecule has 658 valence electrons. The Labute approximate surface area is 762 Å². The van der Waals surface area contributed by atoms with E-state index in [1.165, 1.54) is 33.4 Å². The third-order valence-electron chi connectivity index (χ3n) is 23.9. The van der Waals surface area contributed by atoms with Gasteiger partial charge in [0.05, 0.1) is 5.56 Å². The zero-order valence-electron chi connectivity index (χ0n) is 74.3. The molecule has 0 aliphatic heterocycles. The summed E-state index contributed by atoms with van der Waals surface area (Å²) in [6.07, 6.45) is 14.8. The summed E-state index contributed by atoms with van der Waals surface area (Å²) in [6.45, 7) is 4.30. The Balaban J connectivity index is 0.735. The first-order valence-corrected chi connectivity index (χ1v) is 46.1. The minimum absolute atomic E-state index is 0.0578. The Morgan fingerprint density at radius 2 is 0.310 bits per heavy atom. The molecule has 0 radical (unpaired) electrons. The fraction of sp³-hybridized carbons (Fsp3) is 0.261. The van der Waals surface area contributed by atoms with Crippen molar-refractivity contribution in [2.45, 2.75) is 155 Å². The van der Waals surface area contributed by atoms with Crippen LogP contribution in [0.5, 0.6) is 0 Å². The Kier molecular flexibility index (Phi) is 35.9. The summed E-state index contributed by atoms with van der Waals surface area (Å²) >= 11 is 0. The quantitative estimate of drug-likeness (QED) is 0.0369. The lowest BCUT2D eigenvalue weighted by atomic mass is 10.0. The predicted octanol–water partition coefficient (Wildman–Crippen LogP) is 23.4. The van der Waals surface area contributed by atoms with Crippen molar-refractivity contribution in [1.29, 1.82) is 0 Å². The van der Waals surface area contributed by atoms with Gasteiger partial charge in [0, 0.05) is 112 Å². The molecule has 0 atom stereocenters. The highest BCUT2D eigenvalue weighted by atomic mass is 16.4. The summed E-state index contributed by atoms with van der Waals surface area (Å²) in [7, 11) is 0. The van der Waals surface area contributed by atoms with E-state index >= 15 is 19.2 Å². The molecule has 0 bridgehead atoms. The van der Waals surface area contributed by atoms with Crippen LogP contribution in [0, 0.1) is 0 Å². The monoisotopic (exact) mass is 1710 g/mol. The molecule has 129 heavy (non-hydrogen) atoms. The number of unbranched alkanes of at least 4 members (excludes halogenated alkanes) is 6. The van der Waals surface area contributed by atoms with Crippen molar-refractivity contribution in [3.05, 3.63) is 464 Å². The van der Waals surface area contributed by atoms with Gasteiger partial charge in [0.15, 0.2) is 0 Å². The van der Waals surface area contributed by atoms with Gasteiger partial charge in [-0.05, 0) is 267 Å². The Morgan fingerprint density at radius 3 is 0.496 bits per heavy atom. The first kappa shape index (κ1) is 92.8. The molecule has 14 heteroatoms. The van der Waals surface area contributed by atoms with E-state index in [9.17, 15) is 19.5 Å². The van der Waals surface area contributed by atoms with E-state index in [2.05, 4.69) is 109 Å². The summed E-state index contributed by atoms with van der Waals surface area (Å²) in [5, 5.41) is 9.91. The van der Waals surface area contributed by atoms with E-state index in [1.807, 2.05) is 255 Å². The van der Waals surface area contributed by atoms with E-state index in [0.717, 1.165) is 137 Å². The van der Waals surface area contributed by atoms with Gasteiger partial charge in [-0.25, -0.2) is 4.79 Å². The van der Waals surface area contributed by atoms with Gasteiger partial charge >= 0.3 is 5.97 Å². The lowest BCUT2D eigenvalue weighted by Crippen LogP contribution is -2.34. The van der Waals surface area contributed by atoms with Crippen LogP contribution in [-0.2, 0) is 77.8 Å². The Hall–Kier alpha value is -13.9. The molecule has 13 rings (SSSR count). The highest BCUT2D eigenvalue weighted by Gasteiger charge is 2.27. The molecule has 0 saturated carbocycles. The van der Waals surface area contributed by atoms with Crippen molar-refractivity contribution < 1.29 is 38.7 Å². The third-order valence-corrected chi connectivity index (χ3v) is 23.9. The van der Waals surface area contributed by atoms with E-state index < -0.39 is 5.97 Å². The first-order chi connectivity index (χ1) is 63.3. The van der Waals surface area contributed by atoms with E-state index in [-0.39, 0.29) is 73.7 Å². The lowest BCUT2D eigenvalue weighted by Gasteiger charge is -2.26. The van der Waals surface area contributed by atoms with Crippen molar-refractivity contribution >= 4 is 41.4 Å². The van der Waals surface area contributed by atoms with Gasteiger partial charge in [-0.1, -0.05) is 273 Å². The second-order valence-corrected chi connectivity index (χ2v) is 33.9. The van der Waals surface area contributed by atoms with Crippen LogP contribution < -0.4 is 0 Å². The van der Waals surface area contributed by atoms with E-state index in [4.69, 9.17) is 0 Å². The minimum Gasteiger partial charge on any atom is -0.478 e. The second kappa shape index (κ2) is 49.9. The smallest absolute Gasteiger partial charge is 0.335 e. The van der Waals surface area contributed by atoms with Crippen molar-refractivity contribution in [2.75, 3.05) is 39.3 Å². The third kappa shape index (κ3) is 29.6. The molecular formula is C115H120N6O8. The number of carboxylic acids is 1. The molecule has 0 aliphatic carbocycles. The maximum absolute atomic E-state index is 15.6. The maximum atomic E-state index is 15.6. The van der Waals surface area contributed by atoms with Gasteiger partial charge in [-0.15, -0.1) is 0 Å². The lowest BCUT2D eigenvalue weighted by molar-refractivity contribution is 0.0691. The van der Waals surface area contributed by atoms with Crippen LogP contribution in [0.4, 0.5) is 0 Å². The van der Waals surface area contributed by atoms with Crippen molar-refractivity contribution in [1.82, 2.24) is 29.4 Å². The largest absolute Gasteiger partial charge is 0.478 e. The summed E-state index contributed by atoms with van der Waals surface area (Å²) in [5.41, 5.74) is 15.4. The number of carboxylic acid groups (broad SMARTS) is 1. The second-order valence-electron chi connectivity index (χ2n) is 33.9. The van der Waals surface area contributed by atoms with Crippen molar-refractivity contribution in [3.63, 3.8) is 0 Å². The summed E-state index contributed by atoms with van der Waals surface area (Å²) in [6, 6.07) is 116. The zero-order valence-corrected chi connectivity index (χ0v) is 74.3. The van der Waals surface area contributed by atoms with Gasteiger partial charge in [0.1, 0.15) is 0 Å². The van der Waals surface area contributed by atoms with Crippen LogP contribution in [-0.4, -0.2) is 115 Å². The van der Waals surface area contributed by atoms with Gasteiger partial charge in [0.2, 0.25) is 0 Å². The Morgan fingerprint density at radius 1 is 0.163 bits per heavy atom. The van der Waals surface area contributed by atoms with Crippen LogP contribution >= 0.6 is 0 Å². The number of amides is 6. The molecule has 0 heterocycles. The van der Waals surface area contributed by atoms with Crippen LogP contribution in [0.3, 0.4) is 0 Å². The van der Waals surface area contributed by atoms with Crippen LogP contribution in [0.2, 0.25) is 0 Å². The molecule has 0 saturated heterocycles. The fourth-order valence-electron chi connectivity index (χ4n) is 17.0. The molecule has 14 nitrogen and oxygen atoms in total. The summed E-state index contributed by atoms with van der Waals surface area (Å²) in [5.74, 6) is -1.93. The van der Waals surface area contributed by atoms with Gasteiger partial charge in [-0.2, -0.15) is 0 Å². The average molecular weight is 1710 g/mol. The van der Waals surface area contributed by atoms with E-state index in [1.54, 1.807) is 23.1 Å². The molecule has 13 aromatic rings. The number of aromatic carboxylic acids is 1. The molecule has 13 aromatic carbocycles. The van der Waals surface area contributed by atoms with Gasteiger partial charge < -0.3 is 34.5 Å². The van der Waals surface area contributed by atoms with E-state index in [0.29, 0.717) is 91.2 Å². The van der Waals surface area contributed by atoms with Crippen LogP contribution in [0.15, 0.2) is 358 Å². The van der Waals surface area contributed by atoms with Gasteiger partial charge in [0.25, 0.3) is 35.4 Å². The van der Waals surface area contributed by atoms with Gasteiger partial charge in [-0.3, -0.25) is 28.8 Å².